The van der Waals surface area contributed by atoms with Gasteiger partial charge in [-0.05, 0) is 55.9 Å². The predicted molar refractivity (Wildman–Crippen MR) is 71.7 cm³/mol. The summed E-state index contributed by atoms with van der Waals surface area (Å²) in [5.41, 5.74) is 4.73. The Hall–Kier alpha value is -1.35. The molecule has 2 N–H and O–H groups in total. The molecular weight excluding hydrogens is 226 g/mol. The Labute approximate surface area is 108 Å². The minimum atomic E-state index is -0.660. The van der Waals surface area contributed by atoms with Crippen molar-refractivity contribution in [3.63, 3.8) is 0 Å². The second-order valence-electron chi connectivity index (χ2n) is 5.48. The lowest BCUT2D eigenvalue weighted by molar-refractivity contribution is -0.143. The third-order valence-corrected chi connectivity index (χ3v) is 4.26. The topological polar surface area (TPSA) is 49.3 Å². The van der Waals surface area contributed by atoms with Crippen LogP contribution in [0, 0.1) is 26.2 Å². The van der Waals surface area contributed by atoms with Gasteiger partial charge in [0.15, 0.2) is 0 Å². The number of aryl methyl sites for hydroxylation is 1. The number of carbonyl (C=O) groups is 1. The van der Waals surface area contributed by atoms with Crippen LogP contribution in [0.25, 0.3) is 0 Å². The highest BCUT2D eigenvalue weighted by atomic mass is 16.4. The number of hydrogen-bond donors (Lipinski definition) is 2. The van der Waals surface area contributed by atoms with Gasteiger partial charge in [-0.1, -0.05) is 12.1 Å². The van der Waals surface area contributed by atoms with Gasteiger partial charge < -0.3 is 10.4 Å². The molecule has 1 aliphatic carbocycles. The minimum absolute atomic E-state index is 0.479. The van der Waals surface area contributed by atoms with E-state index in [-0.39, 0.29) is 0 Å². The van der Waals surface area contributed by atoms with E-state index in [2.05, 4.69) is 38.2 Å². The van der Waals surface area contributed by atoms with E-state index in [9.17, 15) is 4.79 Å². The van der Waals surface area contributed by atoms with Crippen molar-refractivity contribution in [3.8, 4) is 0 Å². The standard InChI is InChI=1S/C15H21NO2/c1-10-4-5-13(12(3)11(10)2)8-16-9-15(6-7-15)14(17)18/h4-5,16H,6-9H2,1-3H3,(H,17,18). The predicted octanol–water partition coefficient (Wildman–Crippen LogP) is 2.57. The fraction of sp³-hybridized carbons (Fsp3) is 0.533. The van der Waals surface area contributed by atoms with Crippen LogP contribution in [0.5, 0.6) is 0 Å². The molecule has 0 aromatic heterocycles. The molecule has 98 valence electrons. The van der Waals surface area contributed by atoms with Crippen molar-refractivity contribution in [1.82, 2.24) is 5.32 Å². The Balaban J connectivity index is 1.95. The molecule has 0 amide bonds. The number of rotatable bonds is 5. The number of carboxylic acids is 1. The van der Waals surface area contributed by atoms with Crippen LogP contribution in [0.3, 0.4) is 0 Å². The van der Waals surface area contributed by atoms with Gasteiger partial charge in [0.2, 0.25) is 0 Å². The molecule has 1 aliphatic rings. The smallest absolute Gasteiger partial charge is 0.310 e. The van der Waals surface area contributed by atoms with E-state index in [1.165, 1.54) is 22.3 Å². The third-order valence-electron chi connectivity index (χ3n) is 4.26. The zero-order valence-electron chi connectivity index (χ0n) is 11.3. The van der Waals surface area contributed by atoms with Gasteiger partial charge in [0.05, 0.1) is 5.41 Å². The van der Waals surface area contributed by atoms with E-state index in [4.69, 9.17) is 5.11 Å². The van der Waals surface area contributed by atoms with Crippen LogP contribution in [0.15, 0.2) is 12.1 Å². The molecule has 2 rings (SSSR count). The average Bonchev–Trinajstić information content (AvgIpc) is 3.10. The molecule has 0 radical (unpaired) electrons. The monoisotopic (exact) mass is 247 g/mol. The zero-order chi connectivity index (χ0) is 13.3. The molecule has 18 heavy (non-hydrogen) atoms. The molecule has 1 fully saturated rings. The summed E-state index contributed by atoms with van der Waals surface area (Å²) >= 11 is 0. The summed E-state index contributed by atoms with van der Waals surface area (Å²) in [6, 6.07) is 4.26. The van der Waals surface area contributed by atoms with Gasteiger partial charge in [-0.3, -0.25) is 4.79 Å². The summed E-state index contributed by atoms with van der Waals surface area (Å²) in [6.45, 7) is 7.71. The van der Waals surface area contributed by atoms with Crippen molar-refractivity contribution in [3.05, 3.63) is 34.4 Å². The number of benzene rings is 1. The Morgan fingerprint density at radius 1 is 1.28 bits per heavy atom. The Morgan fingerprint density at radius 3 is 2.50 bits per heavy atom. The molecule has 1 aromatic rings. The largest absolute Gasteiger partial charge is 0.481 e. The minimum Gasteiger partial charge on any atom is -0.481 e. The molecule has 0 spiro atoms. The van der Waals surface area contributed by atoms with E-state index >= 15 is 0 Å². The van der Waals surface area contributed by atoms with Crippen molar-refractivity contribution in [2.75, 3.05) is 6.54 Å². The molecule has 0 atom stereocenters. The molecule has 1 saturated carbocycles. The maximum Gasteiger partial charge on any atom is 0.310 e. The van der Waals surface area contributed by atoms with Gasteiger partial charge in [0.1, 0.15) is 0 Å². The fourth-order valence-electron chi connectivity index (χ4n) is 2.26. The van der Waals surface area contributed by atoms with Gasteiger partial charge >= 0.3 is 5.97 Å². The fourth-order valence-corrected chi connectivity index (χ4v) is 2.26. The van der Waals surface area contributed by atoms with E-state index in [0.29, 0.717) is 6.54 Å². The zero-order valence-corrected chi connectivity index (χ0v) is 11.3. The molecule has 0 unspecified atom stereocenters. The van der Waals surface area contributed by atoms with Gasteiger partial charge in [0, 0.05) is 13.1 Å². The van der Waals surface area contributed by atoms with Gasteiger partial charge in [0.25, 0.3) is 0 Å². The lowest BCUT2D eigenvalue weighted by Crippen LogP contribution is -2.29. The molecular formula is C15H21NO2. The van der Waals surface area contributed by atoms with E-state index in [0.717, 1.165) is 19.4 Å². The van der Waals surface area contributed by atoms with Crippen molar-refractivity contribution < 1.29 is 9.90 Å². The highest BCUT2D eigenvalue weighted by Gasteiger charge is 2.49. The van der Waals surface area contributed by atoms with Gasteiger partial charge in [-0.2, -0.15) is 0 Å². The van der Waals surface area contributed by atoms with Crippen molar-refractivity contribution in [2.24, 2.45) is 5.41 Å². The quantitative estimate of drug-likeness (QED) is 0.840. The second-order valence-corrected chi connectivity index (χ2v) is 5.48. The first-order valence-corrected chi connectivity index (χ1v) is 6.46. The number of carboxylic acid groups (broad SMARTS) is 1. The first-order chi connectivity index (χ1) is 8.46. The molecule has 0 heterocycles. The molecule has 3 heteroatoms. The second kappa shape index (κ2) is 4.73. The first kappa shape index (κ1) is 13.1. The van der Waals surface area contributed by atoms with Crippen molar-refractivity contribution in [1.29, 1.82) is 0 Å². The van der Waals surface area contributed by atoms with Gasteiger partial charge in [-0.25, -0.2) is 0 Å². The lowest BCUT2D eigenvalue weighted by atomic mass is 9.98. The van der Waals surface area contributed by atoms with Crippen LogP contribution >= 0.6 is 0 Å². The van der Waals surface area contributed by atoms with E-state index < -0.39 is 11.4 Å². The summed E-state index contributed by atoms with van der Waals surface area (Å²) in [7, 11) is 0. The Kier molecular flexibility index (Phi) is 3.44. The van der Waals surface area contributed by atoms with Crippen LogP contribution in [-0.4, -0.2) is 17.6 Å². The van der Waals surface area contributed by atoms with Crippen molar-refractivity contribution in [2.45, 2.75) is 40.2 Å². The third kappa shape index (κ3) is 2.41. The average molecular weight is 247 g/mol. The summed E-state index contributed by atoms with van der Waals surface area (Å²) in [4.78, 5) is 11.1. The summed E-state index contributed by atoms with van der Waals surface area (Å²) in [5.74, 6) is -0.660. The van der Waals surface area contributed by atoms with Crippen LogP contribution < -0.4 is 5.32 Å². The molecule has 0 saturated heterocycles. The van der Waals surface area contributed by atoms with Crippen LogP contribution in [0.4, 0.5) is 0 Å². The Bertz CT molecular complexity index is 476. The maximum atomic E-state index is 11.1. The number of aliphatic carboxylic acids is 1. The molecule has 0 bridgehead atoms. The summed E-state index contributed by atoms with van der Waals surface area (Å²) in [6.07, 6.45) is 1.61. The van der Waals surface area contributed by atoms with E-state index in [1.807, 2.05) is 0 Å². The lowest BCUT2D eigenvalue weighted by Gasteiger charge is -2.14. The van der Waals surface area contributed by atoms with Gasteiger partial charge in [-0.15, -0.1) is 0 Å². The van der Waals surface area contributed by atoms with E-state index in [1.54, 1.807) is 0 Å². The molecule has 0 aliphatic heterocycles. The first-order valence-electron chi connectivity index (χ1n) is 6.46. The SMILES string of the molecule is Cc1ccc(CNCC2(C(=O)O)CC2)c(C)c1C. The number of nitrogens with one attached hydrogen (secondary N) is 1. The normalized spacial score (nSPS) is 16.6. The van der Waals surface area contributed by atoms with Crippen LogP contribution in [-0.2, 0) is 11.3 Å². The van der Waals surface area contributed by atoms with Crippen LogP contribution in [0.1, 0.15) is 35.1 Å². The highest BCUT2D eigenvalue weighted by Crippen LogP contribution is 2.45. The van der Waals surface area contributed by atoms with Crippen molar-refractivity contribution >= 4 is 5.97 Å². The highest BCUT2D eigenvalue weighted by molar-refractivity contribution is 5.78. The number of hydrogen-bond acceptors (Lipinski definition) is 2. The molecule has 3 nitrogen and oxygen atoms in total. The van der Waals surface area contributed by atoms with Crippen LogP contribution in [0.2, 0.25) is 0 Å². The Morgan fingerprint density at radius 2 is 1.94 bits per heavy atom. The summed E-state index contributed by atoms with van der Waals surface area (Å²) in [5, 5.41) is 12.4. The maximum absolute atomic E-state index is 11.1. The summed E-state index contributed by atoms with van der Waals surface area (Å²) < 4.78 is 0. The molecule has 1 aromatic carbocycles.